The maximum Gasteiger partial charge on any atom is 0.125 e. The minimum Gasteiger partial charge on any atom is -0.399 e. The summed E-state index contributed by atoms with van der Waals surface area (Å²) in [6.45, 7) is 3.84. The Bertz CT molecular complexity index is 530. The van der Waals surface area contributed by atoms with Gasteiger partial charge in [-0.15, -0.1) is 0 Å². The maximum atomic E-state index is 13.2. The first kappa shape index (κ1) is 11.5. The lowest BCUT2D eigenvalue weighted by Crippen LogP contribution is -1.96. The summed E-state index contributed by atoms with van der Waals surface area (Å²) in [5.74, 6) is -0.242. The third-order valence-electron chi connectivity index (χ3n) is 2.58. The summed E-state index contributed by atoms with van der Waals surface area (Å²) in [7, 11) is 0. The number of aryl methyl sites for hydroxylation is 2. The van der Waals surface area contributed by atoms with Gasteiger partial charge in [0, 0.05) is 17.1 Å². The molecule has 0 spiro atoms. The second-order valence-electron chi connectivity index (χ2n) is 4.22. The lowest BCUT2D eigenvalue weighted by Gasteiger charge is -2.11. The van der Waals surface area contributed by atoms with Gasteiger partial charge in [0.2, 0.25) is 0 Å². The molecule has 0 radical (unpaired) electrons. The van der Waals surface area contributed by atoms with Crippen molar-refractivity contribution in [3.63, 3.8) is 0 Å². The molecule has 0 saturated heterocycles. The molecule has 2 aromatic carbocycles. The molecule has 2 rings (SSSR count). The van der Waals surface area contributed by atoms with Gasteiger partial charge in [0.15, 0.2) is 0 Å². The number of rotatable bonds is 2. The molecule has 0 saturated carbocycles. The van der Waals surface area contributed by atoms with Gasteiger partial charge in [-0.25, -0.2) is 4.39 Å². The number of benzene rings is 2. The molecule has 0 aliphatic rings. The van der Waals surface area contributed by atoms with Gasteiger partial charge in [-0.3, -0.25) is 0 Å². The summed E-state index contributed by atoms with van der Waals surface area (Å²) in [5, 5.41) is 3.17. The van der Waals surface area contributed by atoms with Crippen molar-refractivity contribution in [1.29, 1.82) is 0 Å². The number of hydrogen-bond acceptors (Lipinski definition) is 2. The van der Waals surface area contributed by atoms with Crippen molar-refractivity contribution in [1.82, 2.24) is 0 Å². The molecule has 0 unspecified atom stereocenters. The fourth-order valence-electron chi connectivity index (χ4n) is 1.74. The van der Waals surface area contributed by atoms with Crippen LogP contribution in [0.25, 0.3) is 0 Å². The molecule has 3 heteroatoms. The first-order chi connectivity index (χ1) is 8.04. The van der Waals surface area contributed by atoms with Gasteiger partial charge in [0.05, 0.1) is 0 Å². The number of nitrogens with two attached hydrogens (primary N) is 1. The first-order valence-corrected chi connectivity index (χ1v) is 5.45. The van der Waals surface area contributed by atoms with Crippen molar-refractivity contribution in [3.8, 4) is 0 Å². The van der Waals surface area contributed by atoms with Crippen LogP contribution in [0, 0.1) is 19.7 Å². The molecular weight excluding hydrogens is 215 g/mol. The highest BCUT2D eigenvalue weighted by Gasteiger charge is 2.02. The summed E-state index contributed by atoms with van der Waals surface area (Å²) in [6, 6.07) is 10.5. The molecular formula is C14H15FN2. The summed E-state index contributed by atoms with van der Waals surface area (Å²) in [5.41, 5.74) is 10.00. The minimum atomic E-state index is -0.242. The molecule has 0 fully saturated rings. The van der Waals surface area contributed by atoms with E-state index in [2.05, 4.69) is 5.32 Å². The molecule has 2 nitrogen and oxygen atoms in total. The third kappa shape index (κ3) is 2.75. The highest BCUT2D eigenvalue weighted by molar-refractivity contribution is 5.67. The summed E-state index contributed by atoms with van der Waals surface area (Å²) < 4.78 is 13.2. The van der Waals surface area contributed by atoms with E-state index in [0.717, 1.165) is 22.5 Å². The van der Waals surface area contributed by atoms with E-state index in [1.54, 1.807) is 0 Å². The van der Waals surface area contributed by atoms with Crippen LogP contribution < -0.4 is 11.1 Å². The molecule has 0 aromatic heterocycles. The zero-order valence-corrected chi connectivity index (χ0v) is 9.92. The van der Waals surface area contributed by atoms with Crippen LogP contribution in [0.2, 0.25) is 0 Å². The Morgan fingerprint density at radius 3 is 2.53 bits per heavy atom. The molecule has 17 heavy (non-hydrogen) atoms. The summed E-state index contributed by atoms with van der Waals surface area (Å²) in [4.78, 5) is 0. The van der Waals surface area contributed by atoms with Gasteiger partial charge in [-0.1, -0.05) is 6.07 Å². The molecule has 0 aliphatic heterocycles. The number of hydrogen-bond donors (Lipinski definition) is 2. The SMILES string of the molecule is Cc1cc(F)cc(Nc2cc(N)ccc2C)c1. The molecule has 0 aliphatic carbocycles. The van der Waals surface area contributed by atoms with Gasteiger partial charge in [-0.2, -0.15) is 0 Å². The molecule has 0 amide bonds. The largest absolute Gasteiger partial charge is 0.399 e. The Kier molecular flexibility index (Phi) is 3.00. The highest BCUT2D eigenvalue weighted by Crippen LogP contribution is 2.24. The second-order valence-corrected chi connectivity index (χ2v) is 4.22. The van der Waals surface area contributed by atoms with E-state index in [-0.39, 0.29) is 5.82 Å². The fourth-order valence-corrected chi connectivity index (χ4v) is 1.74. The Labute approximate surface area is 100 Å². The summed E-state index contributed by atoms with van der Waals surface area (Å²) in [6.07, 6.45) is 0. The van der Waals surface area contributed by atoms with Gasteiger partial charge < -0.3 is 11.1 Å². The lowest BCUT2D eigenvalue weighted by atomic mass is 10.1. The lowest BCUT2D eigenvalue weighted by molar-refractivity contribution is 0.627. The van der Waals surface area contributed by atoms with E-state index in [0.29, 0.717) is 5.69 Å². The normalized spacial score (nSPS) is 10.3. The topological polar surface area (TPSA) is 38.0 Å². The third-order valence-corrected chi connectivity index (χ3v) is 2.58. The van der Waals surface area contributed by atoms with Crippen molar-refractivity contribution in [2.75, 3.05) is 11.1 Å². The van der Waals surface area contributed by atoms with Gasteiger partial charge in [0.25, 0.3) is 0 Å². The van der Waals surface area contributed by atoms with Crippen LogP contribution in [0.15, 0.2) is 36.4 Å². The molecule has 0 atom stereocenters. The van der Waals surface area contributed by atoms with E-state index >= 15 is 0 Å². The zero-order valence-electron chi connectivity index (χ0n) is 9.92. The van der Waals surface area contributed by atoms with E-state index < -0.39 is 0 Å². The Hall–Kier alpha value is -2.03. The van der Waals surface area contributed by atoms with Crippen LogP contribution in [0.1, 0.15) is 11.1 Å². The number of nitrogens with one attached hydrogen (secondary N) is 1. The van der Waals surface area contributed by atoms with Gasteiger partial charge >= 0.3 is 0 Å². The molecule has 0 bridgehead atoms. The van der Waals surface area contributed by atoms with Crippen molar-refractivity contribution in [2.45, 2.75) is 13.8 Å². The molecule has 3 N–H and O–H groups in total. The van der Waals surface area contributed by atoms with Crippen LogP contribution in [0.4, 0.5) is 21.5 Å². The molecule has 2 aromatic rings. The minimum absolute atomic E-state index is 0.242. The smallest absolute Gasteiger partial charge is 0.125 e. The van der Waals surface area contributed by atoms with Crippen LogP contribution >= 0.6 is 0 Å². The van der Waals surface area contributed by atoms with Crippen LogP contribution in [0.5, 0.6) is 0 Å². The van der Waals surface area contributed by atoms with Crippen molar-refractivity contribution in [3.05, 3.63) is 53.3 Å². The first-order valence-electron chi connectivity index (χ1n) is 5.45. The molecule has 0 heterocycles. The van der Waals surface area contributed by atoms with E-state index in [9.17, 15) is 4.39 Å². The standard InChI is InChI=1S/C14H15FN2/c1-9-5-11(15)7-13(6-9)17-14-8-12(16)4-3-10(14)2/h3-8,17H,16H2,1-2H3. The fraction of sp³-hybridized carbons (Fsp3) is 0.143. The van der Waals surface area contributed by atoms with Crippen molar-refractivity contribution >= 4 is 17.1 Å². The Morgan fingerprint density at radius 2 is 1.82 bits per heavy atom. The van der Waals surface area contributed by atoms with Gasteiger partial charge in [-0.05, 0) is 55.3 Å². The van der Waals surface area contributed by atoms with Crippen LogP contribution in [-0.4, -0.2) is 0 Å². The van der Waals surface area contributed by atoms with E-state index in [1.807, 2.05) is 38.1 Å². The number of nitrogen functional groups attached to an aromatic ring is 1. The van der Waals surface area contributed by atoms with Crippen molar-refractivity contribution < 1.29 is 4.39 Å². The average Bonchev–Trinajstić information content (AvgIpc) is 2.22. The Morgan fingerprint density at radius 1 is 1.06 bits per heavy atom. The van der Waals surface area contributed by atoms with Gasteiger partial charge in [0.1, 0.15) is 5.82 Å². The number of anilines is 3. The maximum absolute atomic E-state index is 13.2. The Balaban J connectivity index is 2.34. The van der Waals surface area contributed by atoms with Crippen molar-refractivity contribution in [2.24, 2.45) is 0 Å². The monoisotopic (exact) mass is 230 g/mol. The quantitative estimate of drug-likeness (QED) is 0.771. The van der Waals surface area contributed by atoms with Crippen LogP contribution in [-0.2, 0) is 0 Å². The zero-order chi connectivity index (χ0) is 12.4. The van der Waals surface area contributed by atoms with E-state index in [4.69, 9.17) is 5.73 Å². The summed E-state index contributed by atoms with van der Waals surface area (Å²) >= 11 is 0. The predicted molar refractivity (Wildman–Crippen MR) is 70.0 cm³/mol. The predicted octanol–water partition coefficient (Wildman–Crippen LogP) is 3.77. The average molecular weight is 230 g/mol. The second kappa shape index (κ2) is 4.45. The van der Waals surface area contributed by atoms with E-state index in [1.165, 1.54) is 12.1 Å². The highest BCUT2D eigenvalue weighted by atomic mass is 19.1. The van der Waals surface area contributed by atoms with Crippen LogP contribution in [0.3, 0.4) is 0 Å². The number of halogens is 1. The molecule has 88 valence electrons.